The topological polar surface area (TPSA) is 94.1 Å². The highest BCUT2D eigenvalue weighted by molar-refractivity contribution is 5.80. The molecule has 0 spiro atoms. The van der Waals surface area contributed by atoms with Crippen molar-refractivity contribution in [2.75, 3.05) is 20.3 Å². The molecule has 0 aliphatic carbocycles. The van der Waals surface area contributed by atoms with Crippen molar-refractivity contribution in [1.29, 1.82) is 0 Å². The van der Waals surface area contributed by atoms with E-state index >= 15 is 0 Å². The molecule has 0 saturated carbocycles. The molecule has 0 bridgehead atoms. The van der Waals surface area contributed by atoms with E-state index in [1.807, 2.05) is 0 Å². The molecule has 0 aliphatic heterocycles. The summed E-state index contributed by atoms with van der Waals surface area (Å²) in [5.74, 6) is -0.107. The monoisotopic (exact) mass is 391 g/mol. The van der Waals surface area contributed by atoms with Crippen LogP contribution in [0.4, 0.5) is 4.39 Å². The van der Waals surface area contributed by atoms with Gasteiger partial charge in [-0.2, -0.15) is 0 Å². The SMILES string of the molecule is COc1cc(CNC(=O)CCC(=O)O)ccc1OCCOc1ccc(F)cc1. The van der Waals surface area contributed by atoms with Gasteiger partial charge in [-0.25, -0.2) is 4.39 Å². The Hall–Kier alpha value is -3.29. The Morgan fingerprint density at radius 2 is 1.71 bits per heavy atom. The molecule has 0 unspecified atom stereocenters. The van der Waals surface area contributed by atoms with Crippen molar-refractivity contribution in [3.05, 3.63) is 53.8 Å². The number of carbonyl (C=O) groups excluding carboxylic acids is 1. The summed E-state index contributed by atoms with van der Waals surface area (Å²) in [7, 11) is 1.51. The third-order valence-electron chi connectivity index (χ3n) is 3.71. The molecule has 2 N–H and O–H groups in total. The first-order valence-electron chi connectivity index (χ1n) is 8.64. The summed E-state index contributed by atoms with van der Waals surface area (Å²) in [4.78, 5) is 22.1. The fourth-order valence-electron chi connectivity index (χ4n) is 2.29. The molecular weight excluding hydrogens is 369 g/mol. The number of methoxy groups -OCH3 is 1. The second kappa shape index (κ2) is 10.8. The summed E-state index contributed by atoms with van der Waals surface area (Å²) >= 11 is 0. The molecule has 2 aromatic carbocycles. The molecule has 28 heavy (non-hydrogen) atoms. The molecular formula is C20H22FNO6. The van der Waals surface area contributed by atoms with Gasteiger partial charge in [0.1, 0.15) is 24.8 Å². The lowest BCUT2D eigenvalue weighted by molar-refractivity contribution is -0.138. The van der Waals surface area contributed by atoms with Crippen LogP contribution in [-0.2, 0) is 16.1 Å². The van der Waals surface area contributed by atoms with Gasteiger partial charge < -0.3 is 24.6 Å². The molecule has 0 saturated heterocycles. The van der Waals surface area contributed by atoms with Crippen molar-refractivity contribution in [1.82, 2.24) is 5.32 Å². The molecule has 0 atom stereocenters. The number of amides is 1. The maximum absolute atomic E-state index is 12.8. The normalized spacial score (nSPS) is 10.2. The van der Waals surface area contributed by atoms with Crippen molar-refractivity contribution in [3.8, 4) is 17.2 Å². The molecule has 2 aromatic rings. The van der Waals surface area contributed by atoms with E-state index in [1.165, 1.54) is 31.4 Å². The minimum absolute atomic E-state index is 0.0677. The lowest BCUT2D eigenvalue weighted by Crippen LogP contribution is -2.23. The van der Waals surface area contributed by atoms with E-state index in [9.17, 15) is 14.0 Å². The molecule has 0 fully saturated rings. The number of ether oxygens (including phenoxy) is 3. The van der Waals surface area contributed by atoms with Crippen molar-refractivity contribution < 1.29 is 33.3 Å². The highest BCUT2D eigenvalue weighted by Crippen LogP contribution is 2.28. The van der Waals surface area contributed by atoms with Crippen LogP contribution in [0.2, 0.25) is 0 Å². The number of carbonyl (C=O) groups is 2. The average molecular weight is 391 g/mol. The predicted molar refractivity (Wildman–Crippen MR) is 99.1 cm³/mol. The van der Waals surface area contributed by atoms with Gasteiger partial charge in [0, 0.05) is 13.0 Å². The maximum Gasteiger partial charge on any atom is 0.303 e. The van der Waals surface area contributed by atoms with Gasteiger partial charge in [-0.05, 0) is 42.0 Å². The molecule has 0 heterocycles. The van der Waals surface area contributed by atoms with Crippen LogP contribution in [0.1, 0.15) is 18.4 Å². The van der Waals surface area contributed by atoms with E-state index in [0.717, 1.165) is 5.56 Å². The Morgan fingerprint density at radius 1 is 1.00 bits per heavy atom. The molecule has 1 amide bonds. The first-order chi connectivity index (χ1) is 13.5. The molecule has 0 radical (unpaired) electrons. The number of nitrogens with one attached hydrogen (secondary N) is 1. The van der Waals surface area contributed by atoms with Crippen LogP contribution in [-0.4, -0.2) is 37.3 Å². The standard InChI is InChI=1S/C20H22FNO6/c1-26-18-12-14(13-22-19(23)8-9-20(24)25)2-7-17(18)28-11-10-27-16-5-3-15(21)4-6-16/h2-7,12H,8-11,13H2,1H3,(H,22,23)(H,24,25). The minimum Gasteiger partial charge on any atom is -0.493 e. The third kappa shape index (κ3) is 7.14. The van der Waals surface area contributed by atoms with Gasteiger partial charge >= 0.3 is 5.97 Å². The second-order valence-electron chi connectivity index (χ2n) is 5.81. The number of hydrogen-bond acceptors (Lipinski definition) is 5. The quantitative estimate of drug-likeness (QED) is 0.572. The van der Waals surface area contributed by atoms with Crippen LogP contribution in [0.3, 0.4) is 0 Å². The zero-order valence-corrected chi connectivity index (χ0v) is 15.4. The lowest BCUT2D eigenvalue weighted by Gasteiger charge is -2.13. The number of halogens is 1. The Kier molecular flexibility index (Phi) is 8.08. The van der Waals surface area contributed by atoms with Gasteiger partial charge in [0.05, 0.1) is 13.5 Å². The van der Waals surface area contributed by atoms with E-state index in [4.69, 9.17) is 19.3 Å². The van der Waals surface area contributed by atoms with Gasteiger partial charge in [0.15, 0.2) is 11.5 Å². The lowest BCUT2D eigenvalue weighted by atomic mass is 10.2. The van der Waals surface area contributed by atoms with Crippen molar-refractivity contribution >= 4 is 11.9 Å². The smallest absolute Gasteiger partial charge is 0.303 e. The summed E-state index contributed by atoms with van der Waals surface area (Å²) in [6.07, 6.45) is -0.274. The van der Waals surface area contributed by atoms with Crippen LogP contribution in [0, 0.1) is 5.82 Å². The Labute approximate surface area is 162 Å². The number of carboxylic acids is 1. The molecule has 2 rings (SSSR count). The van der Waals surface area contributed by atoms with E-state index in [1.54, 1.807) is 18.2 Å². The number of rotatable bonds is 11. The first kappa shape index (κ1) is 21.0. The molecule has 0 aliphatic rings. The summed E-state index contributed by atoms with van der Waals surface area (Å²) < 4.78 is 29.2. The van der Waals surface area contributed by atoms with E-state index in [-0.39, 0.29) is 44.3 Å². The van der Waals surface area contributed by atoms with Crippen molar-refractivity contribution in [3.63, 3.8) is 0 Å². The largest absolute Gasteiger partial charge is 0.493 e. The average Bonchev–Trinajstić information content (AvgIpc) is 2.69. The van der Waals surface area contributed by atoms with E-state index in [0.29, 0.717) is 17.2 Å². The minimum atomic E-state index is -1.01. The Balaban J connectivity index is 1.80. The molecule has 0 aromatic heterocycles. The zero-order valence-electron chi connectivity index (χ0n) is 15.4. The van der Waals surface area contributed by atoms with E-state index < -0.39 is 5.97 Å². The first-order valence-corrected chi connectivity index (χ1v) is 8.64. The van der Waals surface area contributed by atoms with Crippen LogP contribution >= 0.6 is 0 Å². The van der Waals surface area contributed by atoms with Crippen LogP contribution in [0.5, 0.6) is 17.2 Å². The van der Waals surface area contributed by atoms with Crippen molar-refractivity contribution in [2.45, 2.75) is 19.4 Å². The second-order valence-corrected chi connectivity index (χ2v) is 5.81. The van der Waals surface area contributed by atoms with Crippen molar-refractivity contribution in [2.24, 2.45) is 0 Å². The zero-order chi connectivity index (χ0) is 20.4. The highest BCUT2D eigenvalue weighted by Gasteiger charge is 2.08. The summed E-state index contributed by atoms with van der Waals surface area (Å²) in [6.45, 7) is 0.790. The number of aliphatic carboxylic acids is 1. The fourth-order valence-corrected chi connectivity index (χ4v) is 2.29. The Bertz CT molecular complexity index is 794. The highest BCUT2D eigenvalue weighted by atomic mass is 19.1. The van der Waals surface area contributed by atoms with Gasteiger partial charge in [-0.3, -0.25) is 9.59 Å². The van der Waals surface area contributed by atoms with Gasteiger partial charge in [-0.1, -0.05) is 6.07 Å². The molecule has 150 valence electrons. The van der Waals surface area contributed by atoms with Gasteiger partial charge in [0.25, 0.3) is 0 Å². The summed E-state index contributed by atoms with van der Waals surface area (Å²) in [6, 6.07) is 10.9. The Morgan fingerprint density at radius 3 is 2.39 bits per heavy atom. The van der Waals surface area contributed by atoms with Gasteiger partial charge in [0.2, 0.25) is 5.91 Å². The fraction of sp³-hybridized carbons (Fsp3) is 0.300. The number of benzene rings is 2. The van der Waals surface area contributed by atoms with E-state index in [2.05, 4.69) is 5.32 Å². The summed E-state index contributed by atoms with van der Waals surface area (Å²) in [5, 5.41) is 11.2. The third-order valence-corrected chi connectivity index (χ3v) is 3.71. The van der Waals surface area contributed by atoms with Crippen LogP contribution in [0.25, 0.3) is 0 Å². The molecule has 7 nitrogen and oxygen atoms in total. The molecule has 8 heteroatoms. The number of carboxylic acid groups (broad SMARTS) is 1. The van der Waals surface area contributed by atoms with Gasteiger partial charge in [-0.15, -0.1) is 0 Å². The number of hydrogen-bond donors (Lipinski definition) is 2. The maximum atomic E-state index is 12.8. The van der Waals surface area contributed by atoms with Crippen LogP contribution in [0.15, 0.2) is 42.5 Å². The summed E-state index contributed by atoms with van der Waals surface area (Å²) in [5.41, 5.74) is 0.787. The van der Waals surface area contributed by atoms with Crippen LogP contribution < -0.4 is 19.5 Å². The predicted octanol–water partition coefficient (Wildman–Crippen LogP) is 2.77.